The SMILES string of the molecule is COc1cc(/C=C/c2ccc(F)cc2F)cc(OC)c1. The minimum absolute atomic E-state index is 0.313. The first-order chi connectivity index (χ1) is 9.62. The summed E-state index contributed by atoms with van der Waals surface area (Å²) in [5.41, 5.74) is 1.11. The van der Waals surface area contributed by atoms with Gasteiger partial charge in [-0.05, 0) is 29.8 Å². The van der Waals surface area contributed by atoms with Gasteiger partial charge in [-0.3, -0.25) is 0 Å². The summed E-state index contributed by atoms with van der Waals surface area (Å²) < 4.78 is 36.6. The molecule has 2 aromatic rings. The van der Waals surface area contributed by atoms with Crippen LogP contribution in [0, 0.1) is 11.6 Å². The van der Waals surface area contributed by atoms with E-state index in [1.807, 2.05) is 0 Å². The summed E-state index contributed by atoms with van der Waals surface area (Å²) in [6, 6.07) is 8.79. The Balaban J connectivity index is 2.30. The molecule has 0 saturated heterocycles. The van der Waals surface area contributed by atoms with Crippen molar-refractivity contribution in [2.75, 3.05) is 14.2 Å². The molecule has 20 heavy (non-hydrogen) atoms. The van der Waals surface area contributed by atoms with E-state index in [2.05, 4.69) is 0 Å². The second-order valence-corrected chi connectivity index (χ2v) is 4.15. The van der Waals surface area contributed by atoms with Crippen LogP contribution < -0.4 is 9.47 Å². The third-order valence-electron chi connectivity index (χ3n) is 2.79. The Hall–Kier alpha value is -2.36. The molecular weight excluding hydrogens is 262 g/mol. The van der Waals surface area contributed by atoms with Crippen molar-refractivity contribution in [3.63, 3.8) is 0 Å². The molecule has 0 unspecified atom stereocenters. The van der Waals surface area contributed by atoms with Crippen LogP contribution in [0.3, 0.4) is 0 Å². The smallest absolute Gasteiger partial charge is 0.133 e. The van der Waals surface area contributed by atoms with Gasteiger partial charge >= 0.3 is 0 Å². The van der Waals surface area contributed by atoms with E-state index in [1.54, 1.807) is 44.6 Å². The maximum absolute atomic E-state index is 13.5. The van der Waals surface area contributed by atoms with Gasteiger partial charge in [0.05, 0.1) is 14.2 Å². The predicted molar refractivity (Wildman–Crippen MR) is 74.8 cm³/mol. The van der Waals surface area contributed by atoms with Crippen molar-refractivity contribution in [2.45, 2.75) is 0 Å². The minimum Gasteiger partial charge on any atom is -0.497 e. The van der Waals surface area contributed by atoms with E-state index in [0.717, 1.165) is 11.6 Å². The van der Waals surface area contributed by atoms with Crippen LogP contribution in [0.5, 0.6) is 11.5 Å². The normalized spacial score (nSPS) is 10.8. The van der Waals surface area contributed by atoms with E-state index in [4.69, 9.17) is 9.47 Å². The number of benzene rings is 2. The maximum Gasteiger partial charge on any atom is 0.133 e. The molecule has 0 aliphatic rings. The van der Waals surface area contributed by atoms with Crippen LogP contribution in [-0.4, -0.2) is 14.2 Å². The van der Waals surface area contributed by atoms with E-state index in [-0.39, 0.29) is 0 Å². The van der Waals surface area contributed by atoms with Gasteiger partial charge in [0.15, 0.2) is 0 Å². The molecule has 0 saturated carbocycles. The summed E-state index contributed by atoms with van der Waals surface area (Å²) in [7, 11) is 3.11. The molecule has 0 heterocycles. The third-order valence-corrected chi connectivity index (χ3v) is 2.79. The van der Waals surface area contributed by atoms with Gasteiger partial charge in [0.25, 0.3) is 0 Å². The quantitative estimate of drug-likeness (QED) is 0.781. The van der Waals surface area contributed by atoms with Gasteiger partial charge in [-0.2, -0.15) is 0 Å². The molecule has 2 aromatic carbocycles. The largest absolute Gasteiger partial charge is 0.497 e. The molecule has 0 fully saturated rings. The van der Waals surface area contributed by atoms with Gasteiger partial charge < -0.3 is 9.47 Å². The van der Waals surface area contributed by atoms with Crippen LogP contribution in [0.25, 0.3) is 12.2 Å². The highest BCUT2D eigenvalue weighted by Gasteiger charge is 2.02. The highest BCUT2D eigenvalue weighted by Crippen LogP contribution is 2.24. The molecular formula is C16H14F2O2. The van der Waals surface area contributed by atoms with E-state index in [9.17, 15) is 8.78 Å². The number of halogens is 2. The van der Waals surface area contributed by atoms with Crippen LogP contribution in [0.4, 0.5) is 8.78 Å². The molecule has 0 aromatic heterocycles. The van der Waals surface area contributed by atoms with Crippen LogP contribution in [0.15, 0.2) is 36.4 Å². The van der Waals surface area contributed by atoms with E-state index in [0.29, 0.717) is 17.1 Å². The topological polar surface area (TPSA) is 18.5 Å². The summed E-state index contributed by atoms with van der Waals surface area (Å²) in [6.07, 6.45) is 3.28. The molecule has 0 atom stereocenters. The molecule has 2 rings (SSSR count). The van der Waals surface area contributed by atoms with Gasteiger partial charge in [-0.1, -0.05) is 12.2 Å². The number of hydrogen-bond donors (Lipinski definition) is 0. The first kappa shape index (κ1) is 14.1. The highest BCUT2D eigenvalue weighted by molar-refractivity contribution is 5.71. The number of hydrogen-bond acceptors (Lipinski definition) is 2. The van der Waals surface area contributed by atoms with Crippen molar-refractivity contribution in [2.24, 2.45) is 0 Å². The summed E-state index contributed by atoms with van der Waals surface area (Å²) in [4.78, 5) is 0. The molecule has 104 valence electrons. The highest BCUT2D eigenvalue weighted by atomic mass is 19.1. The fourth-order valence-electron chi connectivity index (χ4n) is 1.75. The summed E-state index contributed by atoms with van der Waals surface area (Å²) >= 11 is 0. The second-order valence-electron chi connectivity index (χ2n) is 4.15. The molecule has 4 heteroatoms. The molecule has 0 N–H and O–H groups in total. The van der Waals surface area contributed by atoms with Gasteiger partial charge in [0, 0.05) is 17.7 Å². The van der Waals surface area contributed by atoms with Gasteiger partial charge in [-0.25, -0.2) is 8.78 Å². The van der Waals surface area contributed by atoms with Crippen LogP contribution >= 0.6 is 0 Å². The average Bonchev–Trinajstić information content (AvgIpc) is 2.46. The fourth-order valence-corrected chi connectivity index (χ4v) is 1.75. The number of methoxy groups -OCH3 is 2. The van der Waals surface area contributed by atoms with Crippen molar-refractivity contribution in [1.29, 1.82) is 0 Å². The Kier molecular flexibility index (Phi) is 4.35. The first-order valence-electron chi connectivity index (χ1n) is 5.98. The Morgan fingerprint density at radius 2 is 1.50 bits per heavy atom. The lowest BCUT2D eigenvalue weighted by Crippen LogP contribution is -1.88. The molecule has 2 nitrogen and oxygen atoms in total. The minimum atomic E-state index is -0.601. The molecule has 0 aliphatic heterocycles. The zero-order valence-corrected chi connectivity index (χ0v) is 11.2. The molecule has 0 spiro atoms. The Morgan fingerprint density at radius 3 is 2.05 bits per heavy atom. The Morgan fingerprint density at radius 1 is 0.850 bits per heavy atom. The van der Waals surface area contributed by atoms with Crippen molar-refractivity contribution >= 4 is 12.2 Å². The standard InChI is InChI=1S/C16H14F2O2/c1-19-14-7-11(8-15(10-14)20-2)3-4-12-5-6-13(17)9-16(12)18/h3-10H,1-2H3/b4-3+. The van der Waals surface area contributed by atoms with Gasteiger partial charge in [0.1, 0.15) is 23.1 Å². The van der Waals surface area contributed by atoms with Crippen molar-refractivity contribution in [1.82, 2.24) is 0 Å². The fraction of sp³-hybridized carbons (Fsp3) is 0.125. The first-order valence-corrected chi connectivity index (χ1v) is 5.98. The van der Waals surface area contributed by atoms with Crippen molar-refractivity contribution in [3.05, 3.63) is 59.2 Å². The second kappa shape index (κ2) is 6.19. The van der Waals surface area contributed by atoms with Gasteiger partial charge in [0.2, 0.25) is 0 Å². The predicted octanol–water partition coefficient (Wildman–Crippen LogP) is 4.15. The average molecular weight is 276 g/mol. The van der Waals surface area contributed by atoms with Crippen LogP contribution in [0.2, 0.25) is 0 Å². The van der Waals surface area contributed by atoms with E-state index < -0.39 is 11.6 Å². The molecule has 0 amide bonds. The lowest BCUT2D eigenvalue weighted by Gasteiger charge is -2.05. The Bertz CT molecular complexity index is 614. The van der Waals surface area contributed by atoms with Crippen molar-refractivity contribution < 1.29 is 18.3 Å². The maximum atomic E-state index is 13.5. The van der Waals surface area contributed by atoms with Crippen LogP contribution in [0.1, 0.15) is 11.1 Å². The summed E-state index contributed by atoms with van der Waals surface area (Å²) in [5.74, 6) is 0.0889. The lowest BCUT2D eigenvalue weighted by molar-refractivity contribution is 0.394. The Labute approximate surface area is 116 Å². The molecule has 0 radical (unpaired) electrons. The molecule has 0 aliphatic carbocycles. The number of rotatable bonds is 4. The summed E-state index contributed by atoms with van der Waals surface area (Å²) in [5, 5.41) is 0. The third kappa shape index (κ3) is 3.35. The molecule has 0 bridgehead atoms. The van der Waals surface area contributed by atoms with Gasteiger partial charge in [-0.15, -0.1) is 0 Å². The van der Waals surface area contributed by atoms with Crippen molar-refractivity contribution in [3.8, 4) is 11.5 Å². The number of ether oxygens (including phenoxy) is 2. The van der Waals surface area contributed by atoms with E-state index >= 15 is 0 Å². The summed E-state index contributed by atoms with van der Waals surface area (Å²) in [6.45, 7) is 0. The monoisotopic (exact) mass is 276 g/mol. The zero-order valence-electron chi connectivity index (χ0n) is 11.2. The lowest BCUT2D eigenvalue weighted by atomic mass is 10.1. The zero-order chi connectivity index (χ0) is 14.5. The van der Waals surface area contributed by atoms with E-state index in [1.165, 1.54) is 12.1 Å². The van der Waals surface area contributed by atoms with Crippen LogP contribution in [-0.2, 0) is 0 Å².